The van der Waals surface area contributed by atoms with Crippen LogP contribution in [-0.2, 0) is 20.5 Å². The second kappa shape index (κ2) is 7.96. The van der Waals surface area contributed by atoms with Crippen molar-refractivity contribution in [2.24, 2.45) is 17.8 Å². The molecule has 2 atom stereocenters. The number of ether oxygens (including phenoxy) is 1. The van der Waals surface area contributed by atoms with Gasteiger partial charge in [-0.15, -0.1) is 0 Å². The summed E-state index contributed by atoms with van der Waals surface area (Å²) in [4.78, 5) is 27.1. The summed E-state index contributed by atoms with van der Waals surface area (Å²) in [5.41, 5.74) is 0.772. The Bertz CT molecular complexity index is 867. The number of nitrogens with one attached hydrogen (secondary N) is 1. The maximum Gasteiger partial charge on any atom is 0.416 e. The summed E-state index contributed by atoms with van der Waals surface area (Å²) in [5.74, 6) is 0.585. The number of rotatable bonds is 4. The second-order valence-corrected chi connectivity index (χ2v) is 8.52. The number of carbonyl (C=O) groups excluding carboxylic acids is 2. The summed E-state index contributed by atoms with van der Waals surface area (Å²) < 4.78 is 43.7. The smallest absolute Gasteiger partial charge is 0.416 e. The molecule has 2 fully saturated rings. The van der Waals surface area contributed by atoms with Crippen LogP contribution >= 0.6 is 0 Å². The fraction of sp³-hybridized carbons (Fsp3) is 0.545. The molecule has 2 aliphatic heterocycles. The number of hydrogen-bond acceptors (Lipinski definition) is 3. The molecule has 2 bridgehead atoms. The van der Waals surface area contributed by atoms with E-state index in [2.05, 4.69) is 5.32 Å². The van der Waals surface area contributed by atoms with Crippen molar-refractivity contribution in [3.05, 3.63) is 41.2 Å². The third kappa shape index (κ3) is 4.18. The zero-order valence-electron chi connectivity index (χ0n) is 16.8. The van der Waals surface area contributed by atoms with Gasteiger partial charge in [0, 0.05) is 31.6 Å². The van der Waals surface area contributed by atoms with Gasteiger partial charge in [0.2, 0.25) is 5.91 Å². The van der Waals surface area contributed by atoms with E-state index in [1.54, 1.807) is 13.2 Å². The Morgan fingerprint density at radius 2 is 1.90 bits per heavy atom. The predicted octanol–water partition coefficient (Wildman–Crippen LogP) is 4.13. The second-order valence-electron chi connectivity index (χ2n) is 8.52. The van der Waals surface area contributed by atoms with Gasteiger partial charge in [0.1, 0.15) is 0 Å². The molecule has 1 aromatic carbocycles. The number of piperidine rings is 1. The first-order chi connectivity index (χ1) is 14.2. The lowest BCUT2D eigenvalue weighted by atomic mass is 9.82. The van der Waals surface area contributed by atoms with Crippen LogP contribution in [0.1, 0.15) is 36.8 Å². The molecule has 4 rings (SSSR count). The summed E-state index contributed by atoms with van der Waals surface area (Å²) in [6.45, 7) is 3.39. The number of fused-ring (bicyclic) bond motifs is 2. The molecule has 0 radical (unpaired) electrons. The van der Waals surface area contributed by atoms with E-state index in [-0.39, 0.29) is 29.6 Å². The Morgan fingerprint density at radius 3 is 2.47 bits per heavy atom. The third-order valence-corrected chi connectivity index (χ3v) is 6.55. The molecule has 0 spiro atoms. The highest BCUT2D eigenvalue weighted by Crippen LogP contribution is 2.44. The van der Waals surface area contributed by atoms with Crippen LogP contribution in [-0.4, -0.2) is 36.4 Å². The first kappa shape index (κ1) is 20.8. The van der Waals surface area contributed by atoms with Gasteiger partial charge in [-0.05, 0) is 61.3 Å². The molecule has 0 unspecified atom stereocenters. The van der Waals surface area contributed by atoms with Crippen LogP contribution in [0.15, 0.2) is 30.0 Å². The lowest BCUT2D eigenvalue weighted by Gasteiger charge is -2.38. The van der Waals surface area contributed by atoms with Gasteiger partial charge in [-0.2, -0.15) is 13.2 Å². The molecular weight excluding hydrogens is 397 g/mol. The highest BCUT2D eigenvalue weighted by Gasteiger charge is 2.44. The number of aryl methyl sites for hydroxylation is 1. The number of alkyl halides is 3. The number of likely N-dealkylation sites (tertiary alicyclic amines) is 1. The zero-order valence-corrected chi connectivity index (χ0v) is 16.8. The van der Waals surface area contributed by atoms with E-state index < -0.39 is 11.7 Å². The van der Waals surface area contributed by atoms with E-state index in [0.29, 0.717) is 49.4 Å². The van der Waals surface area contributed by atoms with Crippen molar-refractivity contribution in [1.82, 2.24) is 4.90 Å². The Hall–Kier alpha value is -2.51. The highest BCUT2D eigenvalue weighted by atomic mass is 19.4. The largest absolute Gasteiger partial charge is 0.500 e. The molecule has 5 nitrogen and oxygen atoms in total. The normalized spacial score (nSPS) is 25.7. The lowest BCUT2D eigenvalue weighted by Crippen LogP contribution is -2.46. The molecule has 162 valence electrons. The fourth-order valence-electron chi connectivity index (χ4n) is 4.98. The van der Waals surface area contributed by atoms with E-state index >= 15 is 0 Å². The minimum Gasteiger partial charge on any atom is -0.500 e. The van der Waals surface area contributed by atoms with Gasteiger partial charge in [-0.25, -0.2) is 0 Å². The molecule has 1 saturated carbocycles. The molecule has 3 aliphatic rings. The Kier molecular flexibility index (Phi) is 5.51. The summed E-state index contributed by atoms with van der Waals surface area (Å²) in [6, 6.07) is 3.34. The van der Waals surface area contributed by atoms with Crippen LogP contribution in [0.4, 0.5) is 18.9 Å². The molecule has 8 heteroatoms. The number of halogens is 3. The standard InChI is InChI=1S/C22H25F3N2O3/c1-13-8-17(22(23,24)25)4-5-19(13)26-20(28)9-18-14-2-3-15(18)11-27(10-14)21(29)16-6-7-30-12-16/h4-5,8,12,14-15,18H,2-3,6-7,9-11H2,1H3,(H,26,28)/t14-,15-/m1/s1. The van der Waals surface area contributed by atoms with Crippen LogP contribution < -0.4 is 5.32 Å². The van der Waals surface area contributed by atoms with Crippen molar-refractivity contribution in [2.45, 2.75) is 38.8 Å². The maximum absolute atomic E-state index is 12.8. The maximum atomic E-state index is 12.8. The first-order valence-electron chi connectivity index (χ1n) is 10.3. The van der Waals surface area contributed by atoms with Gasteiger partial charge in [-0.3, -0.25) is 9.59 Å². The van der Waals surface area contributed by atoms with Crippen molar-refractivity contribution < 1.29 is 27.5 Å². The summed E-state index contributed by atoms with van der Waals surface area (Å²) >= 11 is 0. The molecule has 2 heterocycles. The summed E-state index contributed by atoms with van der Waals surface area (Å²) in [5, 5.41) is 2.77. The molecule has 30 heavy (non-hydrogen) atoms. The van der Waals surface area contributed by atoms with E-state index in [1.165, 1.54) is 6.07 Å². The molecule has 1 aromatic rings. The van der Waals surface area contributed by atoms with E-state index in [4.69, 9.17) is 4.74 Å². The summed E-state index contributed by atoms with van der Waals surface area (Å²) in [7, 11) is 0. The molecule has 1 N–H and O–H groups in total. The van der Waals surface area contributed by atoms with Gasteiger partial charge in [0.25, 0.3) is 5.91 Å². The van der Waals surface area contributed by atoms with Gasteiger partial charge in [-0.1, -0.05) is 0 Å². The molecule has 1 saturated heterocycles. The van der Waals surface area contributed by atoms with E-state index in [1.807, 2.05) is 4.90 Å². The minimum atomic E-state index is -4.40. The number of hydrogen-bond donors (Lipinski definition) is 1. The van der Waals surface area contributed by atoms with E-state index in [9.17, 15) is 22.8 Å². The van der Waals surface area contributed by atoms with Crippen LogP contribution in [0.2, 0.25) is 0 Å². The topological polar surface area (TPSA) is 58.6 Å². The van der Waals surface area contributed by atoms with Crippen molar-refractivity contribution in [1.29, 1.82) is 0 Å². The number of amides is 2. The highest BCUT2D eigenvalue weighted by molar-refractivity contribution is 5.94. The molecule has 0 aromatic heterocycles. The number of benzene rings is 1. The number of anilines is 1. The van der Waals surface area contributed by atoms with Crippen LogP contribution in [0.5, 0.6) is 0 Å². The number of carbonyl (C=O) groups is 2. The molecule has 2 amide bonds. The van der Waals surface area contributed by atoms with Crippen LogP contribution in [0.25, 0.3) is 0 Å². The Balaban J connectivity index is 1.36. The SMILES string of the molecule is Cc1cc(C(F)(F)F)ccc1NC(=O)CC1[C@@H]2CC[C@@H]1CN(C(=O)C1=COCC1)C2. The molecular formula is C22H25F3N2O3. The third-order valence-electron chi connectivity index (χ3n) is 6.55. The Morgan fingerprint density at radius 1 is 1.20 bits per heavy atom. The van der Waals surface area contributed by atoms with Crippen molar-refractivity contribution in [2.75, 3.05) is 25.0 Å². The quantitative estimate of drug-likeness (QED) is 0.794. The van der Waals surface area contributed by atoms with Crippen molar-refractivity contribution in [3.8, 4) is 0 Å². The average Bonchev–Trinajstić information content (AvgIpc) is 3.28. The summed E-state index contributed by atoms with van der Waals surface area (Å²) in [6.07, 6.45) is 0.0871. The zero-order chi connectivity index (χ0) is 21.5. The fourth-order valence-corrected chi connectivity index (χ4v) is 4.98. The van der Waals surface area contributed by atoms with Crippen molar-refractivity contribution in [3.63, 3.8) is 0 Å². The van der Waals surface area contributed by atoms with E-state index in [0.717, 1.165) is 25.0 Å². The van der Waals surface area contributed by atoms with Gasteiger partial charge < -0.3 is 15.0 Å². The van der Waals surface area contributed by atoms with Crippen LogP contribution in [0, 0.1) is 24.7 Å². The monoisotopic (exact) mass is 422 g/mol. The minimum absolute atomic E-state index is 0.0349. The molecule has 1 aliphatic carbocycles. The predicted molar refractivity (Wildman–Crippen MR) is 104 cm³/mol. The van der Waals surface area contributed by atoms with Crippen LogP contribution in [0.3, 0.4) is 0 Å². The first-order valence-corrected chi connectivity index (χ1v) is 10.3. The number of nitrogens with zero attached hydrogens (tertiary/aromatic N) is 1. The van der Waals surface area contributed by atoms with Crippen molar-refractivity contribution >= 4 is 17.5 Å². The Labute approximate surface area is 173 Å². The van der Waals surface area contributed by atoms with Gasteiger partial charge >= 0.3 is 6.18 Å². The average molecular weight is 422 g/mol. The van der Waals surface area contributed by atoms with Gasteiger partial charge in [0.05, 0.1) is 24.0 Å². The lowest BCUT2D eigenvalue weighted by molar-refractivity contribution is -0.137. The van der Waals surface area contributed by atoms with Gasteiger partial charge in [0.15, 0.2) is 0 Å².